The van der Waals surface area contributed by atoms with Crippen LogP contribution in [0, 0.1) is 29.6 Å². The number of likely N-dealkylation sites (N-methyl/N-ethyl adjacent to an activating group) is 1. The van der Waals surface area contributed by atoms with E-state index >= 15 is 0 Å². The van der Waals surface area contributed by atoms with Crippen LogP contribution >= 0.6 is 0 Å². The predicted octanol–water partition coefficient (Wildman–Crippen LogP) is 1.24. The Balaban J connectivity index is 1.44. The van der Waals surface area contributed by atoms with E-state index in [0.29, 0.717) is 30.8 Å². The third-order valence-electron chi connectivity index (χ3n) is 6.64. The number of β-amino-alcohol motifs (C(OH)–C–C–N with tert-alkyl or cyclic N) is 1. The van der Waals surface area contributed by atoms with Gasteiger partial charge in [0.2, 0.25) is 5.91 Å². The molecule has 4 nitrogen and oxygen atoms in total. The predicted molar refractivity (Wildman–Crippen MR) is 80.6 cm³/mol. The van der Waals surface area contributed by atoms with Gasteiger partial charge in [0.15, 0.2) is 0 Å². The lowest BCUT2D eigenvalue weighted by atomic mass is 9.51. The largest absolute Gasteiger partial charge is 0.387 e. The third-order valence-corrected chi connectivity index (χ3v) is 6.64. The van der Waals surface area contributed by atoms with E-state index in [9.17, 15) is 9.90 Å². The smallest absolute Gasteiger partial charge is 0.226 e. The quantitative estimate of drug-likeness (QED) is 0.823. The molecule has 0 aromatic carbocycles. The van der Waals surface area contributed by atoms with Gasteiger partial charge in [-0.2, -0.15) is 0 Å². The molecule has 0 aromatic rings. The molecule has 4 saturated carbocycles. The maximum absolute atomic E-state index is 13.0. The Labute approximate surface area is 127 Å². The van der Waals surface area contributed by atoms with Crippen LogP contribution in [0.3, 0.4) is 0 Å². The Morgan fingerprint density at radius 3 is 2.33 bits per heavy atom. The fourth-order valence-corrected chi connectivity index (χ4v) is 5.97. The summed E-state index contributed by atoms with van der Waals surface area (Å²) in [5, 5.41) is 13.7. The van der Waals surface area contributed by atoms with Crippen molar-refractivity contribution in [2.75, 3.05) is 26.7 Å². The van der Waals surface area contributed by atoms with Crippen LogP contribution in [-0.4, -0.2) is 48.2 Å². The van der Waals surface area contributed by atoms with E-state index < -0.39 is 5.60 Å². The van der Waals surface area contributed by atoms with E-state index in [1.807, 2.05) is 11.9 Å². The average Bonchev–Trinajstić information content (AvgIpc) is 2.83. The number of aliphatic hydroxyl groups is 1. The molecule has 1 atom stereocenters. The van der Waals surface area contributed by atoms with Crippen molar-refractivity contribution in [2.45, 2.75) is 44.1 Å². The molecule has 1 heterocycles. The standard InChI is InChI=1S/C17H28N2O2/c1-19(10-17(21)2-3-18-9-17)16(20)15-13-5-11-4-12(7-13)8-14(15)6-11/h11-15,18,21H,2-10H2,1H3. The zero-order valence-electron chi connectivity index (χ0n) is 13.1. The minimum absolute atomic E-state index is 0.251. The van der Waals surface area contributed by atoms with Crippen LogP contribution in [0.15, 0.2) is 0 Å². The highest BCUT2D eigenvalue weighted by Crippen LogP contribution is 2.56. The molecule has 118 valence electrons. The molecule has 1 amide bonds. The summed E-state index contributed by atoms with van der Waals surface area (Å²) in [6.07, 6.45) is 7.31. The second-order valence-corrected chi connectivity index (χ2v) is 8.30. The highest BCUT2D eigenvalue weighted by Gasteiger charge is 2.51. The van der Waals surface area contributed by atoms with Gasteiger partial charge in [-0.3, -0.25) is 4.79 Å². The lowest BCUT2D eigenvalue weighted by Crippen LogP contribution is -2.54. The first-order valence-corrected chi connectivity index (χ1v) is 8.72. The summed E-state index contributed by atoms with van der Waals surface area (Å²) < 4.78 is 0. The first-order valence-electron chi connectivity index (χ1n) is 8.72. The number of nitrogens with zero attached hydrogens (tertiary/aromatic N) is 1. The second kappa shape index (κ2) is 4.95. The van der Waals surface area contributed by atoms with Crippen LogP contribution in [-0.2, 0) is 4.79 Å². The number of carbonyl (C=O) groups is 1. The molecule has 4 aliphatic carbocycles. The summed E-state index contributed by atoms with van der Waals surface area (Å²) in [6.45, 7) is 1.96. The maximum Gasteiger partial charge on any atom is 0.226 e. The van der Waals surface area contributed by atoms with Crippen molar-refractivity contribution in [1.29, 1.82) is 0 Å². The highest BCUT2D eigenvalue weighted by atomic mass is 16.3. The molecule has 0 radical (unpaired) electrons. The Kier molecular flexibility index (Phi) is 3.30. The summed E-state index contributed by atoms with van der Waals surface area (Å²) in [7, 11) is 1.89. The summed E-state index contributed by atoms with van der Waals surface area (Å²) >= 11 is 0. The average molecular weight is 292 g/mol. The number of hydrogen-bond donors (Lipinski definition) is 2. The van der Waals surface area contributed by atoms with Crippen molar-refractivity contribution in [2.24, 2.45) is 29.6 Å². The summed E-state index contributed by atoms with van der Waals surface area (Å²) in [6, 6.07) is 0. The zero-order chi connectivity index (χ0) is 14.6. The summed E-state index contributed by atoms with van der Waals surface area (Å²) in [5.74, 6) is 3.64. The molecule has 21 heavy (non-hydrogen) atoms. The third kappa shape index (κ3) is 2.40. The molecule has 0 spiro atoms. The van der Waals surface area contributed by atoms with Crippen molar-refractivity contribution in [3.05, 3.63) is 0 Å². The molecule has 1 aliphatic heterocycles. The van der Waals surface area contributed by atoms with Gasteiger partial charge in [-0.05, 0) is 68.7 Å². The molecule has 4 heteroatoms. The number of carbonyl (C=O) groups excluding carboxylic acids is 1. The van der Waals surface area contributed by atoms with Crippen LogP contribution in [0.4, 0.5) is 0 Å². The van der Waals surface area contributed by atoms with Crippen molar-refractivity contribution in [1.82, 2.24) is 10.2 Å². The van der Waals surface area contributed by atoms with E-state index in [2.05, 4.69) is 5.32 Å². The van der Waals surface area contributed by atoms with E-state index in [4.69, 9.17) is 0 Å². The summed E-state index contributed by atoms with van der Waals surface area (Å²) in [5.41, 5.74) is -0.712. The van der Waals surface area contributed by atoms with Gasteiger partial charge in [-0.15, -0.1) is 0 Å². The van der Waals surface area contributed by atoms with Crippen molar-refractivity contribution < 1.29 is 9.90 Å². The van der Waals surface area contributed by atoms with Crippen LogP contribution in [0.1, 0.15) is 38.5 Å². The minimum atomic E-state index is -0.712. The van der Waals surface area contributed by atoms with Gasteiger partial charge >= 0.3 is 0 Å². The number of amides is 1. The molecule has 2 N–H and O–H groups in total. The first kappa shape index (κ1) is 14.0. The molecule has 1 saturated heterocycles. The monoisotopic (exact) mass is 292 g/mol. The molecule has 5 aliphatic rings. The fraction of sp³-hybridized carbons (Fsp3) is 0.941. The van der Waals surface area contributed by atoms with Gasteiger partial charge in [0.25, 0.3) is 0 Å². The van der Waals surface area contributed by atoms with Gasteiger partial charge in [0, 0.05) is 19.5 Å². The van der Waals surface area contributed by atoms with Gasteiger partial charge in [0.1, 0.15) is 0 Å². The van der Waals surface area contributed by atoms with Crippen molar-refractivity contribution in [3.63, 3.8) is 0 Å². The minimum Gasteiger partial charge on any atom is -0.387 e. The topological polar surface area (TPSA) is 52.6 Å². The number of nitrogens with one attached hydrogen (secondary N) is 1. The molecule has 0 aromatic heterocycles. The van der Waals surface area contributed by atoms with Gasteiger partial charge in [-0.1, -0.05) is 0 Å². The lowest BCUT2D eigenvalue weighted by Gasteiger charge is -2.54. The zero-order valence-corrected chi connectivity index (χ0v) is 13.1. The van der Waals surface area contributed by atoms with E-state index in [0.717, 1.165) is 24.8 Å². The Morgan fingerprint density at radius 2 is 1.81 bits per heavy atom. The normalized spacial score (nSPS) is 47.8. The van der Waals surface area contributed by atoms with Crippen LogP contribution in [0.5, 0.6) is 0 Å². The van der Waals surface area contributed by atoms with Crippen LogP contribution in [0.25, 0.3) is 0 Å². The molecular formula is C17H28N2O2. The van der Waals surface area contributed by atoms with Crippen molar-refractivity contribution in [3.8, 4) is 0 Å². The van der Waals surface area contributed by atoms with E-state index in [1.54, 1.807) is 0 Å². The highest BCUT2D eigenvalue weighted by molar-refractivity contribution is 5.79. The van der Waals surface area contributed by atoms with Crippen molar-refractivity contribution >= 4 is 5.91 Å². The molecule has 4 bridgehead atoms. The van der Waals surface area contributed by atoms with Crippen LogP contribution < -0.4 is 5.32 Å². The van der Waals surface area contributed by atoms with Gasteiger partial charge < -0.3 is 15.3 Å². The second-order valence-electron chi connectivity index (χ2n) is 8.30. The maximum atomic E-state index is 13.0. The lowest BCUT2D eigenvalue weighted by molar-refractivity contribution is -0.150. The van der Waals surface area contributed by atoms with Gasteiger partial charge in [0.05, 0.1) is 12.1 Å². The SMILES string of the molecule is CN(CC1(O)CCNC1)C(=O)C1C2CC3CC(C2)CC1C3. The number of rotatable bonds is 3. The Bertz CT molecular complexity index is 403. The molecule has 1 unspecified atom stereocenters. The Hall–Kier alpha value is -0.610. The first-order chi connectivity index (χ1) is 10.0. The van der Waals surface area contributed by atoms with Crippen LogP contribution in [0.2, 0.25) is 0 Å². The Morgan fingerprint density at radius 1 is 1.19 bits per heavy atom. The van der Waals surface area contributed by atoms with E-state index in [1.165, 1.54) is 32.1 Å². The summed E-state index contributed by atoms with van der Waals surface area (Å²) in [4.78, 5) is 14.8. The number of hydrogen-bond acceptors (Lipinski definition) is 3. The van der Waals surface area contributed by atoms with E-state index in [-0.39, 0.29) is 5.92 Å². The molecule has 5 fully saturated rings. The molecule has 5 rings (SSSR count). The van der Waals surface area contributed by atoms with Gasteiger partial charge in [-0.25, -0.2) is 0 Å². The molecular weight excluding hydrogens is 264 g/mol. The fourth-order valence-electron chi connectivity index (χ4n) is 5.97.